The molecule has 3 N–H and O–H groups in total. The Morgan fingerprint density at radius 2 is 2.00 bits per heavy atom. The molecule has 3 heterocycles. The van der Waals surface area contributed by atoms with E-state index in [9.17, 15) is 0 Å². The number of rotatable bonds is 3. The van der Waals surface area contributed by atoms with Crippen molar-refractivity contribution >= 4 is 17.0 Å². The summed E-state index contributed by atoms with van der Waals surface area (Å²) in [6, 6.07) is 10.1. The van der Waals surface area contributed by atoms with Gasteiger partial charge in [0.25, 0.3) is 0 Å². The Hall–Kier alpha value is -2.47. The smallest absolute Gasteiger partial charge is 0.183 e. The van der Waals surface area contributed by atoms with Crippen LogP contribution in [0.25, 0.3) is 11.2 Å². The summed E-state index contributed by atoms with van der Waals surface area (Å²) >= 11 is 0. The lowest BCUT2D eigenvalue weighted by Gasteiger charge is -2.20. The monoisotopic (exact) mass is 309 g/mol. The number of hydrogen-bond donors (Lipinski definition) is 2. The largest absolute Gasteiger partial charge is 0.382 e. The normalized spacial score (nSPS) is 18.3. The van der Waals surface area contributed by atoms with Crippen molar-refractivity contribution in [2.24, 2.45) is 0 Å². The Bertz CT molecular complexity index is 808. The summed E-state index contributed by atoms with van der Waals surface area (Å²) in [6.07, 6.45) is 3.89. The lowest BCUT2D eigenvalue weighted by atomic mass is 10.1. The zero-order chi connectivity index (χ0) is 15.6. The van der Waals surface area contributed by atoms with Gasteiger partial charge >= 0.3 is 0 Å². The topological polar surface area (TPSA) is 89.7 Å². The first-order chi connectivity index (χ1) is 11.3. The van der Waals surface area contributed by atoms with E-state index in [1.807, 2.05) is 18.2 Å². The van der Waals surface area contributed by atoms with Crippen molar-refractivity contribution in [2.45, 2.75) is 31.8 Å². The molecule has 1 atom stereocenters. The van der Waals surface area contributed by atoms with E-state index in [2.05, 4.69) is 32.1 Å². The predicted molar refractivity (Wildman–Crippen MR) is 87.9 cm³/mol. The summed E-state index contributed by atoms with van der Waals surface area (Å²) in [5, 5.41) is 0. The zero-order valence-electron chi connectivity index (χ0n) is 12.8. The summed E-state index contributed by atoms with van der Waals surface area (Å²) in [7, 11) is 0. The molecule has 23 heavy (non-hydrogen) atoms. The molecule has 0 aliphatic carbocycles. The molecule has 1 aliphatic rings. The zero-order valence-corrected chi connectivity index (χ0v) is 12.8. The average molecular weight is 309 g/mol. The fraction of sp³-hybridized carbons (Fsp3) is 0.353. The van der Waals surface area contributed by atoms with Gasteiger partial charge in [0.2, 0.25) is 0 Å². The molecule has 6 nitrogen and oxygen atoms in total. The quantitative estimate of drug-likeness (QED) is 0.776. The Balaban J connectivity index is 1.66. The van der Waals surface area contributed by atoms with Crippen LogP contribution in [-0.4, -0.2) is 26.5 Å². The molecule has 0 radical (unpaired) electrons. The number of ether oxygens (including phenoxy) is 1. The van der Waals surface area contributed by atoms with E-state index in [1.165, 1.54) is 0 Å². The molecular formula is C17H19N5O. The Morgan fingerprint density at radius 3 is 2.78 bits per heavy atom. The van der Waals surface area contributed by atoms with E-state index in [0.29, 0.717) is 29.2 Å². The number of imidazole rings is 1. The first kappa shape index (κ1) is 14.1. The molecule has 0 spiro atoms. The van der Waals surface area contributed by atoms with Crippen molar-refractivity contribution in [1.29, 1.82) is 0 Å². The van der Waals surface area contributed by atoms with E-state index in [0.717, 1.165) is 37.3 Å². The summed E-state index contributed by atoms with van der Waals surface area (Å²) in [5.74, 6) is 1.93. The number of anilines is 1. The van der Waals surface area contributed by atoms with Gasteiger partial charge in [-0.1, -0.05) is 30.3 Å². The molecule has 118 valence electrons. The van der Waals surface area contributed by atoms with Crippen LogP contribution in [0, 0.1) is 0 Å². The second-order valence-corrected chi connectivity index (χ2v) is 5.86. The first-order valence-electron chi connectivity index (χ1n) is 7.97. The van der Waals surface area contributed by atoms with E-state index < -0.39 is 0 Å². The molecule has 0 saturated carbocycles. The van der Waals surface area contributed by atoms with Crippen LogP contribution in [0.2, 0.25) is 0 Å². The van der Waals surface area contributed by atoms with E-state index in [-0.39, 0.29) is 6.10 Å². The van der Waals surface area contributed by atoms with Crippen molar-refractivity contribution in [3.05, 3.63) is 47.5 Å². The van der Waals surface area contributed by atoms with Gasteiger partial charge in [0.15, 0.2) is 11.5 Å². The van der Waals surface area contributed by atoms with Gasteiger partial charge in [-0.25, -0.2) is 15.0 Å². The van der Waals surface area contributed by atoms with Gasteiger partial charge in [0.1, 0.15) is 23.3 Å². The van der Waals surface area contributed by atoms with Crippen LogP contribution in [0.15, 0.2) is 30.3 Å². The summed E-state index contributed by atoms with van der Waals surface area (Å²) in [5.41, 5.74) is 8.56. The minimum Gasteiger partial charge on any atom is -0.382 e. The number of nitrogens with two attached hydrogens (primary N) is 1. The van der Waals surface area contributed by atoms with Crippen LogP contribution in [0.1, 0.15) is 42.6 Å². The fourth-order valence-corrected chi connectivity index (χ4v) is 2.95. The molecule has 1 aliphatic heterocycles. The lowest BCUT2D eigenvalue weighted by Crippen LogP contribution is -2.12. The fourth-order valence-electron chi connectivity index (χ4n) is 2.95. The third-order valence-corrected chi connectivity index (χ3v) is 4.13. The molecule has 0 bridgehead atoms. The standard InChI is InChI=1S/C17H19N5O/c18-15-14-17(22-16(21-14)12-8-4-5-9-23-12)20-13(19-15)10-11-6-2-1-3-7-11/h1-3,6-7,12H,4-5,8-10H2,(H3,18,19,20,21,22). The van der Waals surface area contributed by atoms with Gasteiger partial charge in [-0.15, -0.1) is 0 Å². The minimum absolute atomic E-state index is 0.00919. The number of benzene rings is 1. The molecule has 2 aromatic heterocycles. The highest BCUT2D eigenvalue weighted by Gasteiger charge is 2.21. The summed E-state index contributed by atoms with van der Waals surface area (Å²) < 4.78 is 5.78. The number of aromatic amines is 1. The minimum atomic E-state index is 0.00919. The van der Waals surface area contributed by atoms with Crippen LogP contribution < -0.4 is 5.73 Å². The molecule has 1 fully saturated rings. The first-order valence-corrected chi connectivity index (χ1v) is 7.97. The van der Waals surface area contributed by atoms with Crippen molar-refractivity contribution in [2.75, 3.05) is 12.3 Å². The number of hydrogen-bond acceptors (Lipinski definition) is 5. The number of nitrogens with zero attached hydrogens (tertiary/aromatic N) is 3. The number of nitrogen functional groups attached to an aromatic ring is 1. The maximum atomic E-state index is 6.09. The highest BCUT2D eigenvalue weighted by Crippen LogP contribution is 2.28. The maximum Gasteiger partial charge on any atom is 0.183 e. The van der Waals surface area contributed by atoms with Gasteiger partial charge in [0, 0.05) is 13.0 Å². The number of nitrogens with one attached hydrogen (secondary N) is 1. The molecule has 4 rings (SSSR count). The SMILES string of the molecule is Nc1nc(Cc2ccccc2)nc2nc(C3CCCCO3)[nH]c12. The van der Waals surface area contributed by atoms with Crippen LogP contribution in [0.4, 0.5) is 5.82 Å². The van der Waals surface area contributed by atoms with E-state index in [1.54, 1.807) is 0 Å². The molecular weight excluding hydrogens is 290 g/mol. The average Bonchev–Trinajstić information content (AvgIpc) is 3.01. The molecule has 0 amide bonds. The summed E-state index contributed by atoms with van der Waals surface area (Å²) in [6.45, 7) is 0.780. The lowest BCUT2D eigenvalue weighted by molar-refractivity contribution is 0.0101. The Morgan fingerprint density at radius 1 is 1.13 bits per heavy atom. The van der Waals surface area contributed by atoms with Crippen molar-refractivity contribution < 1.29 is 4.74 Å². The van der Waals surface area contributed by atoms with Crippen LogP contribution in [-0.2, 0) is 11.2 Å². The van der Waals surface area contributed by atoms with Crippen molar-refractivity contribution in [3.63, 3.8) is 0 Å². The number of fused-ring (bicyclic) bond motifs is 1. The number of H-pyrrole nitrogens is 1. The molecule has 6 heteroatoms. The summed E-state index contributed by atoms with van der Waals surface area (Å²) in [4.78, 5) is 16.8. The van der Waals surface area contributed by atoms with Crippen LogP contribution in [0.5, 0.6) is 0 Å². The van der Waals surface area contributed by atoms with Gasteiger partial charge in [0.05, 0.1) is 0 Å². The van der Waals surface area contributed by atoms with Crippen LogP contribution >= 0.6 is 0 Å². The molecule has 1 aromatic carbocycles. The second kappa shape index (κ2) is 5.96. The second-order valence-electron chi connectivity index (χ2n) is 5.86. The van der Waals surface area contributed by atoms with Gasteiger partial charge in [-0.05, 0) is 24.8 Å². The highest BCUT2D eigenvalue weighted by molar-refractivity contribution is 5.81. The maximum absolute atomic E-state index is 6.09. The van der Waals surface area contributed by atoms with E-state index >= 15 is 0 Å². The Labute approximate surface area is 134 Å². The third kappa shape index (κ3) is 2.90. The molecule has 1 unspecified atom stereocenters. The van der Waals surface area contributed by atoms with Crippen LogP contribution in [0.3, 0.4) is 0 Å². The van der Waals surface area contributed by atoms with Gasteiger partial charge in [-0.3, -0.25) is 0 Å². The van der Waals surface area contributed by atoms with E-state index in [4.69, 9.17) is 10.5 Å². The predicted octanol–water partition coefficient (Wildman–Crippen LogP) is 2.77. The van der Waals surface area contributed by atoms with Gasteiger partial charge in [-0.2, -0.15) is 0 Å². The molecule has 1 saturated heterocycles. The van der Waals surface area contributed by atoms with Gasteiger partial charge < -0.3 is 15.5 Å². The van der Waals surface area contributed by atoms with Crippen molar-refractivity contribution in [3.8, 4) is 0 Å². The number of aromatic nitrogens is 4. The Kier molecular flexibility index (Phi) is 3.67. The van der Waals surface area contributed by atoms with Crippen molar-refractivity contribution in [1.82, 2.24) is 19.9 Å². The molecule has 3 aromatic rings. The third-order valence-electron chi connectivity index (χ3n) is 4.13. The highest BCUT2D eigenvalue weighted by atomic mass is 16.5.